The molecule has 4 nitrogen and oxygen atoms in total. The van der Waals surface area contributed by atoms with Crippen LogP contribution in [-0.2, 0) is 0 Å². The molecule has 0 bridgehead atoms. The average Bonchev–Trinajstić information content (AvgIpc) is 2.71. The molecule has 2 rings (SSSR count). The minimum absolute atomic E-state index is 0.520. The molecule has 0 unspecified atom stereocenters. The van der Waals surface area contributed by atoms with Gasteiger partial charge < -0.3 is 10.6 Å². The van der Waals surface area contributed by atoms with Crippen LogP contribution in [0.25, 0.3) is 0 Å². The Balaban J connectivity index is 2.28. The molecule has 0 saturated carbocycles. The van der Waals surface area contributed by atoms with Crippen LogP contribution in [0.4, 0.5) is 10.8 Å². The third kappa shape index (κ3) is 3.00. The Kier molecular flexibility index (Phi) is 4.21. The van der Waals surface area contributed by atoms with Gasteiger partial charge in [-0.2, -0.15) is 0 Å². The third-order valence-corrected chi connectivity index (χ3v) is 5.09. The fourth-order valence-electron chi connectivity index (χ4n) is 1.19. The van der Waals surface area contributed by atoms with Crippen LogP contribution in [-0.4, -0.2) is 24.3 Å². The van der Waals surface area contributed by atoms with E-state index in [1.165, 1.54) is 23.1 Å². The monoisotopic (exact) mass is 320 g/mol. The summed E-state index contributed by atoms with van der Waals surface area (Å²) in [5, 5.41) is 10.0. The second-order valence-corrected chi connectivity index (χ2v) is 6.69. The lowest BCUT2D eigenvalue weighted by molar-refractivity contribution is 0.973. The van der Waals surface area contributed by atoms with Crippen molar-refractivity contribution in [2.45, 2.75) is 9.24 Å². The molecule has 0 aliphatic carbocycles. The maximum atomic E-state index is 6.11. The minimum atomic E-state index is 0.520. The molecular weight excluding hydrogens is 311 g/mol. The van der Waals surface area contributed by atoms with Crippen LogP contribution in [0.5, 0.6) is 0 Å². The van der Waals surface area contributed by atoms with E-state index in [4.69, 9.17) is 28.9 Å². The van der Waals surface area contributed by atoms with Crippen LogP contribution >= 0.6 is 46.3 Å². The van der Waals surface area contributed by atoms with Crippen LogP contribution in [0, 0.1) is 0 Å². The van der Waals surface area contributed by atoms with Crippen molar-refractivity contribution >= 4 is 57.1 Å². The fourth-order valence-corrected chi connectivity index (χ4v) is 3.64. The number of aromatic nitrogens is 2. The molecule has 0 atom stereocenters. The van der Waals surface area contributed by atoms with Crippen molar-refractivity contribution in [2.75, 3.05) is 24.7 Å². The van der Waals surface area contributed by atoms with E-state index in [9.17, 15) is 0 Å². The summed E-state index contributed by atoms with van der Waals surface area (Å²) in [7, 11) is 3.83. The van der Waals surface area contributed by atoms with Gasteiger partial charge in [0.2, 0.25) is 5.13 Å². The molecule has 0 amide bonds. The maximum Gasteiger partial charge on any atom is 0.208 e. The highest BCUT2D eigenvalue weighted by Gasteiger charge is 2.13. The van der Waals surface area contributed by atoms with E-state index in [0.29, 0.717) is 15.7 Å². The van der Waals surface area contributed by atoms with E-state index in [2.05, 4.69) is 10.2 Å². The van der Waals surface area contributed by atoms with Crippen molar-refractivity contribution in [1.82, 2.24) is 10.2 Å². The van der Waals surface area contributed by atoms with Gasteiger partial charge in [0.25, 0.3) is 0 Å². The lowest BCUT2D eigenvalue weighted by atomic mass is 10.3. The van der Waals surface area contributed by atoms with Gasteiger partial charge in [0.15, 0.2) is 4.34 Å². The summed E-state index contributed by atoms with van der Waals surface area (Å²) in [6.45, 7) is 0. The van der Waals surface area contributed by atoms with Crippen molar-refractivity contribution in [3.05, 3.63) is 22.2 Å². The topological polar surface area (TPSA) is 55.0 Å². The standard InChI is InChI=1S/C10H10Cl2N4S2/c1-16(2)9-14-15-10(18-9)17-8-6(11)3-5(13)4-7(8)12/h3-4H,13H2,1-2H3. The summed E-state index contributed by atoms with van der Waals surface area (Å²) >= 11 is 15.1. The molecule has 0 spiro atoms. The fraction of sp³-hybridized carbons (Fsp3) is 0.200. The first-order valence-electron chi connectivity index (χ1n) is 4.90. The van der Waals surface area contributed by atoms with Gasteiger partial charge >= 0.3 is 0 Å². The molecular formula is C10H10Cl2N4S2. The number of nitrogens with two attached hydrogens (primary N) is 1. The van der Waals surface area contributed by atoms with Gasteiger partial charge in [-0.05, 0) is 12.1 Å². The van der Waals surface area contributed by atoms with Crippen molar-refractivity contribution in [3.63, 3.8) is 0 Å². The lowest BCUT2D eigenvalue weighted by Crippen LogP contribution is -2.07. The molecule has 1 heterocycles. The number of halogens is 2. The van der Waals surface area contributed by atoms with E-state index in [1.54, 1.807) is 12.1 Å². The SMILES string of the molecule is CN(C)c1nnc(Sc2c(Cl)cc(N)cc2Cl)s1. The van der Waals surface area contributed by atoms with E-state index >= 15 is 0 Å². The first kappa shape index (κ1) is 13.7. The Hall–Kier alpha value is -0.690. The number of hydrogen-bond acceptors (Lipinski definition) is 6. The molecule has 18 heavy (non-hydrogen) atoms. The zero-order valence-electron chi connectivity index (χ0n) is 9.65. The van der Waals surface area contributed by atoms with Crippen LogP contribution in [0.1, 0.15) is 0 Å². The number of nitrogens with zero attached hydrogens (tertiary/aromatic N) is 3. The largest absolute Gasteiger partial charge is 0.399 e. The normalized spacial score (nSPS) is 10.7. The van der Waals surface area contributed by atoms with Gasteiger partial charge in [-0.3, -0.25) is 0 Å². The summed E-state index contributed by atoms with van der Waals surface area (Å²) in [4.78, 5) is 2.64. The Labute approximate surface area is 123 Å². The maximum absolute atomic E-state index is 6.11. The predicted octanol–water partition coefficient (Wildman–Crippen LogP) is 3.64. The number of benzene rings is 1. The van der Waals surface area contributed by atoms with E-state index < -0.39 is 0 Å². The average molecular weight is 321 g/mol. The lowest BCUT2D eigenvalue weighted by Gasteiger charge is -2.06. The predicted molar refractivity (Wildman–Crippen MR) is 79.2 cm³/mol. The molecule has 0 aliphatic rings. The van der Waals surface area contributed by atoms with Crippen molar-refractivity contribution < 1.29 is 0 Å². The number of nitrogen functional groups attached to an aromatic ring is 1. The van der Waals surface area contributed by atoms with Crippen molar-refractivity contribution in [1.29, 1.82) is 0 Å². The number of anilines is 2. The van der Waals surface area contributed by atoms with Crippen LogP contribution < -0.4 is 10.6 Å². The smallest absolute Gasteiger partial charge is 0.208 e. The molecule has 1 aromatic heterocycles. The highest BCUT2D eigenvalue weighted by molar-refractivity contribution is 8.01. The van der Waals surface area contributed by atoms with E-state index in [-0.39, 0.29) is 0 Å². The first-order chi connectivity index (χ1) is 8.47. The molecule has 2 N–H and O–H groups in total. The molecule has 2 aromatic rings. The highest BCUT2D eigenvalue weighted by atomic mass is 35.5. The molecule has 0 saturated heterocycles. The summed E-state index contributed by atoms with van der Waals surface area (Å²) in [6, 6.07) is 3.34. The van der Waals surface area contributed by atoms with Crippen molar-refractivity contribution in [3.8, 4) is 0 Å². The highest BCUT2D eigenvalue weighted by Crippen LogP contribution is 2.41. The summed E-state index contributed by atoms with van der Waals surface area (Å²) in [5.41, 5.74) is 6.20. The third-order valence-electron chi connectivity index (χ3n) is 1.99. The number of rotatable bonds is 3. The van der Waals surface area contributed by atoms with Crippen LogP contribution in [0.2, 0.25) is 10.0 Å². The Morgan fingerprint density at radius 2 is 1.83 bits per heavy atom. The van der Waals surface area contributed by atoms with Gasteiger partial charge in [-0.25, -0.2) is 0 Å². The molecule has 0 aliphatic heterocycles. The molecule has 0 radical (unpaired) electrons. The van der Waals surface area contributed by atoms with Gasteiger partial charge in [0.05, 0.1) is 14.9 Å². The summed E-state index contributed by atoms with van der Waals surface area (Å²) in [5.74, 6) is 0. The Morgan fingerprint density at radius 1 is 1.22 bits per heavy atom. The molecule has 8 heteroatoms. The molecule has 96 valence electrons. The van der Waals surface area contributed by atoms with Crippen LogP contribution in [0.15, 0.2) is 21.4 Å². The zero-order chi connectivity index (χ0) is 13.3. The minimum Gasteiger partial charge on any atom is -0.399 e. The van der Waals surface area contributed by atoms with Crippen LogP contribution in [0.3, 0.4) is 0 Å². The second kappa shape index (κ2) is 5.52. The van der Waals surface area contributed by atoms with Gasteiger partial charge in [-0.1, -0.05) is 46.3 Å². The van der Waals surface area contributed by atoms with E-state index in [0.717, 1.165) is 14.4 Å². The Morgan fingerprint density at radius 3 is 2.33 bits per heavy atom. The number of hydrogen-bond donors (Lipinski definition) is 1. The van der Waals surface area contributed by atoms with Gasteiger partial charge in [0, 0.05) is 19.8 Å². The van der Waals surface area contributed by atoms with Gasteiger partial charge in [0.1, 0.15) is 0 Å². The Bertz CT molecular complexity index is 548. The molecule has 0 fully saturated rings. The second-order valence-electron chi connectivity index (χ2n) is 3.66. The van der Waals surface area contributed by atoms with E-state index in [1.807, 2.05) is 19.0 Å². The first-order valence-corrected chi connectivity index (χ1v) is 7.29. The summed E-state index contributed by atoms with van der Waals surface area (Å²) < 4.78 is 0.785. The summed E-state index contributed by atoms with van der Waals surface area (Å²) in [6.07, 6.45) is 0. The quantitative estimate of drug-likeness (QED) is 0.875. The zero-order valence-corrected chi connectivity index (χ0v) is 12.8. The van der Waals surface area contributed by atoms with Gasteiger partial charge in [-0.15, -0.1) is 10.2 Å². The van der Waals surface area contributed by atoms with Crippen molar-refractivity contribution in [2.24, 2.45) is 0 Å². The molecule has 1 aromatic carbocycles.